The van der Waals surface area contributed by atoms with E-state index in [9.17, 15) is 14.0 Å². The molecule has 1 N–H and O–H groups in total. The number of carbonyl (C=O) groups excluding carboxylic acids is 2. The molecule has 22 heavy (non-hydrogen) atoms. The first kappa shape index (κ1) is 15.7. The van der Waals surface area contributed by atoms with Gasteiger partial charge in [-0.15, -0.1) is 0 Å². The van der Waals surface area contributed by atoms with Crippen LogP contribution in [0, 0.1) is 12.7 Å². The van der Waals surface area contributed by atoms with Gasteiger partial charge in [0.1, 0.15) is 5.82 Å². The number of nitrogens with zero attached hydrogens (tertiary/aromatic N) is 2. The molecule has 0 aliphatic carbocycles. The molecule has 0 aliphatic rings. The predicted octanol–water partition coefficient (Wildman–Crippen LogP) is 1.34. The van der Waals surface area contributed by atoms with E-state index in [0.29, 0.717) is 11.1 Å². The molecule has 0 radical (unpaired) electrons. The molecule has 1 aromatic carbocycles. The fraction of sp³-hybridized carbons (Fsp3) is 0.267. The molecule has 2 rings (SSSR count). The lowest BCUT2D eigenvalue weighted by atomic mass is 10.1. The first-order valence-electron chi connectivity index (χ1n) is 6.63. The second-order valence-electron chi connectivity index (χ2n) is 4.84. The maximum absolute atomic E-state index is 13.4. The van der Waals surface area contributed by atoms with Gasteiger partial charge in [0.25, 0.3) is 5.91 Å². The van der Waals surface area contributed by atoms with E-state index in [2.05, 4.69) is 10.4 Å². The lowest BCUT2D eigenvalue weighted by Crippen LogP contribution is -2.28. The molecule has 2 aromatic rings. The summed E-state index contributed by atoms with van der Waals surface area (Å²) in [5.41, 5.74) is 1.45. The summed E-state index contributed by atoms with van der Waals surface area (Å²) in [6.07, 6.45) is 2.85. The highest BCUT2D eigenvalue weighted by Gasteiger charge is 2.11. The molecule has 0 unspecified atom stereocenters. The zero-order chi connectivity index (χ0) is 16.1. The summed E-state index contributed by atoms with van der Waals surface area (Å²) in [5.74, 6) is -1.40. The van der Waals surface area contributed by atoms with Gasteiger partial charge in [-0.25, -0.2) is 9.18 Å². The molecule has 0 spiro atoms. The highest BCUT2D eigenvalue weighted by Crippen LogP contribution is 2.08. The Morgan fingerprint density at radius 1 is 1.41 bits per heavy atom. The van der Waals surface area contributed by atoms with Crippen LogP contribution in [-0.4, -0.2) is 28.3 Å². The third-order valence-electron chi connectivity index (χ3n) is 3.00. The molecule has 0 saturated heterocycles. The number of nitrogens with one attached hydrogen (secondary N) is 1. The minimum atomic E-state index is -0.621. The van der Waals surface area contributed by atoms with Crippen LogP contribution >= 0.6 is 0 Å². The zero-order valence-corrected chi connectivity index (χ0v) is 12.3. The summed E-state index contributed by atoms with van der Waals surface area (Å²) in [7, 11) is 1.67. The number of ether oxygens (including phenoxy) is 1. The number of aromatic nitrogens is 2. The minimum absolute atomic E-state index is 0.167. The Balaban J connectivity index is 1.78. The highest BCUT2D eigenvalue weighted by atomic mass is 19.1. The number of amides is 1. The van der Waals surface area contributed by atoms with E-state index < -0.39 is 18.5 Å². The molecule has 0 bridgehead atoms. The van der Waals surface area contributed by atoms with Crippen molar-refractivity contribution in [1.82, 2.24) is 15.1 Å². The zero-order valence-electron chi connectivity index (χ0n) is 12.3. The van der Waals surface area contributed by atoms with Crippen LogP contribution in [0.4, 0.5) is 4.39 Å². The van der Waals surface area contributed by atoms with Crippen molar-refractivity contribution >= 4 is 11.9 Å². The SMILES string of the molecule is Cc1ccc(CNC(=O)COC(=O)c2cnn(C)c2)cc1F. The normalized spacial score (nSPS) is 10.3. The molecule has 7 heteroatoms. The quantitative estimate of drug-likeness (QED) is 0.846. The van der Waals surface area contributed by atoms with Crippen LogP contribution in [0.3, 0.4) is 0 Å². The Bertz CT molecular complexity index is 697. The average Bonchev–Trinajstić information content (AvgIpc) is 2.92. The van der Waals surface area contributed by atoms with Gasteiger partial charge in [0.05, 0.1) is 11.8 Å². The van der Waals surface area contributed by atoms with Gasteiger partial charge >= 0.3 is 5.97 Å². The number of hydrogen-bond acceptors (Lipinski definition) is 4. The fourth-order valence-electron chi connectivity index (χ4n) is 1.74. The Morgan fingerprint density at radius 2 is 2.18 bits per heavy atom. The molecule has 6 nitrogen and oxygen atoms in total. The van der Waals surface area contributed by atoms with Gasteiger partial charge in [0.15, 0.2) is 6.61 Å². The Hall–Kier alpha value is -2.70. The van der Waals surface area contributed by atoms with Gasteiger partial charge in [-0.3, -0.25) is 9.48 Å². The van der Waals surface area contributed by atoms with Crippen molar-refractivity contribution < 1.29 is 18.7 Å². The molecule has 1 heterocycles. The standard InChI is InChI=1S/C15H16FN3O3/c1-10-3-4-11(5-13(10)16)6-17-14(20)9-22-15(21)12-7-18-19(2)8-12/h3-5,7-8H,6,9H2,1-2H3,(H,17,20). The number of aryl methyl sites for hydroxylation is 2. The van der Waals surface area contributed by atoms with E-state index in [1.165, 1.54) is 23.1 Å². The number of rotatable bonds is 5. The van der Waals surface area contributed by atoms with Gasteiger partial charge < -0.3 is 10.1 Å². The van der Waals surface area contributed by atoms with Gasteiger partial charge in [-0.05, 0) is 24.1 Å². The van der Waals surface area contributed by atoms with E-state index in [0.717, 1.165) is 0 Å². The number of benzene rings is 1. The second-order valence-corrected chi connectivity index (χ2v) is 4.84. The van der Waals surface area contributed by atoms with E-state index in [4.69, 9.17) is 4.74 Å². The number of esters is 1. The predicted molar refractivity (Wildman–Crippen MR) is 76.5 cm³/mol. The van der Waals surface area contributed by atoms with Crippen molar-refractivity contribution in [3.05, 3.63) is 53.1 Å². The van der Waals surface area contributed by atoms with Crippen molar-refractivity contribution in [3.8, 4) is 0 Å². The summed E-state index contributed by atoms with van der Waals surface area (Å²) >= 11 is 0. The summed E-state index contributed by atoms with van der Waals surface area (Å²) in [6.45, 7) is 1.43. The van der Waals surface area contributed by atoms with Crippen LogP contribution in [0.25, 0.3) is 0 Å². The van der Waals surface area contributed by atoms with Crippen molar-refractivity contribution in [3.63, 3.8) is 0 Å². The van der Waals surface area contributed by atoms with E-state index in [-0.39, 0.29) is 17.9 Å². The van der Waals surface area contributed by atoms with Crippen LogP contribution in [0.1, 0.15) is 21.5 Å². The number of hydrogen-bond donors (Lipinski definition) is 1. The molecule has 0 aliphatic heterocycles. The Labute approximate surface area is 126 Å². The Kier molecular flexibility index (Phi) is 4.88. The fourth-order valence-corrected chi connectivity index (χ4v) is 1.74. The molecule has 116 valence electrons. The van der Waals surface area contributed by atoms with E-state index in [1.807, 2.05) is 0 Å². The summed E-state index contributed by atoms with van der Waals surface area (Å²) < 4.78 is 19.7. The highest BCUT2D eigenvalue weighted by molar-refractivity contribution is 5.90. The van der Waals surface area contributed by atoms with Crippen molar-refractivity contribution in [2.24, 2.45) is 7.05 Å². The largest absolute Gasteiger partial charge is 0.452 e. The lowest BCUT2D eigenvalue weighted by Gasteiger charge is -2.07. The van der Waals surface area contributed by atoms with Crippen LogP contribution in [0.15, 0.2) is 30.6 Å². The molecule has 1 aromatic heterocycles. The average molecular weight is 305 g/mol. The monoisotopic (exact) mass is 305 g/mol. The minimum Gasteiger partial charge on any atom is -0.452 e. The van der Waals surface area contributed by atoms with Crippen LogP contribution in [-0.2, 0) is 23.1 Å². The molecular weight excluding hydrogens is 289 g/mol. The molecule has 0 atom stereocenters. The first-order chi connectivity index (χ1) is 10.5. The second kappa shape index (κ2) is 6.84. The maximum Gasteiger partial charge on any atom is 0.341 e. The van der Waals surface area contributed by atoms with Gasteiger partial charge in [-0.2, -0.15) is 5.10 Å². The topological polar surface area (TPSA) is 73.2 Å². The molecule has 1 amide bonds. The summed E-state index contributed by atoms with van der Waals surface area (Å²) in [5, 5.41) is 6.39. The lowest BCUT2D eigenvalue weighted by molar-refractivity contribution is -0.124. The smallest absolute Gasteiger partial charge is 0.341 e. The molecule has 0 saturated carbocycles. The first-order valence-corrected chi connectivity index (χ1v) is 6.63. The van der Waals surface area contributed by atoms with Crippen LogP contribution in [0.2, 0.25) is 0 Å². The third kappa shape index (κ3) is 4.15. The van der Waals surface area contributed by atoms with Gasteiger partial charge in [0.2, 0.25) is 0 Å². The van der Waals surface area contributed by atoms with Crippen LogP contribution < -0.4 is 5.32 Å². The number of carbonyl (C=O) groups is 2. The van der Waals surface area contributed by atoms with Crippen molar-refractivity contribution in [2.45, 2.75) is 13.5 Å². The van der Waals surface area contributed by atoms with Gasteiger partial charge in [-0.1, -0.05) is 12.1 Å². The summed E-state index contributed by atoms with van der Waals surface area (Å²) in [4.78, 5) is 23.2. The van der Waals surface area contributed by atoms with Gasteiger partial charge in [0, 0.05) is 19.8 Å². The number of halogens is 1. The van der Waals surface area contributed by atoms with Crippen LogP contribution in [0.5, 0.6) is 0 Å². The van der Waals surface area contributed by atoms with Crippen molar-refractivity contribution in [1.29, 1.82) is 0 Å². The maximum atomic E-state index is 13.4. The molecule has 0 fully saturated rings. The summed E-state index contributed by atoms with van der Waals surface area (Å²) in [6, 6.07) is 4.72. The third-order valence-corrected chi connectivity index (χ3v) is 3.00. The molecular formula is C15H16FN3O3. The van der Waals surface area contributed by atoms with E-state index in [1.54, 1.807) is 26.1 Å². The Morgan fingerprint density at radius 3 is 2.82 bits per heavy atom. The van der Waals surface area contributed by atoms with Crippen molar-refractivity contribution in [2.75, 3.05) is 6.61 Å². The van der Waals surface area contributed by atoms with E-state index >= 15 is 0 Å².